The lowest BCUT2D eigenvalue weighted by Gasteiger charge is -2.04. The first-order valence-corrected chi connectivity index (χ1v) is 5.89. The van der Waals surface area contributed by atoms with Gasteiger partial charge in [0.2, 0.25) is 0 Å². The van der Waals surface area contributed by atoms with Crippen LogP contribution in [0.2, 0.25) is 0 Å². The molecule has 0 aliphatic carbocycles. The zero-order valence-corrected chi connectivity index (χ0v) is 9.84. The van der Waals surface area contributed by atoms with Crippen LogP contribution >= 0.6 is 11.3 Å². The predicted molar refractivity (Wildman–Crippen MR) is 67.5 cm³/mol. The standard InChI is InChI=1S/C13H12N2S/c1-10-2-7-13(16-10)9-15-12-5-3-11(8-14)4-6-12/h2-7,15H,9H2,1H3. The summed E-state index contributed by atoms with van der Waals surface area (Å²) in [4.78, 5) is 2.65. The highest BCUT2D eigenvalue weighted by Gasteiger charge is 1.97. The summed E-state index contributed by atoms with van der Waals surface area (Å²) < 4.78 is 0. The molecular weight excluding hydrogens is 216 g/mol. The van der Waals surface area contributed by atoms with Gasteiger partial charge in [-0.2, -0.15) is 5.26 Å². The Labute approximate surface area is 99.2 Å². The van der Waals surface area contributed by atoms with Crippen LogP contribution < -0.4 is 5.32 Å². The average Bonchev–Trinajstić information content (AvgIpc) is 2.73. The Bertz CT molecular complexity index is 505. The van der Waals surface area contributed by atoms with E-state index < -0.39 is 0 Å². The third-order valence-corrected chi connectivity index (χ3v) is 3.28. The maximum absolute atomic E-state index is 8.67. The van der Waals surface area contributed by atoms with Crippen LogP contribution in [0.15, 0.2) is 36.4 Å². The highest BCUT2D eigenvalue weighted by atomic mass is 32.1. The molecule has 80 valence electrons. The Hall–Kier alpha value is -1.79. The molecule has 3 heteroatoms. The van der Waals surface area contributed by atoms with E-state index in [-0.39, 0.29) is 0 Å². The fraction of sp³-hybridized carbons (Fsp3) is 0.154. The number of benzene rings is 1. The van der Waals surface area contributed by atoms with Gasteiger partial charge in [0.25, 0.3) is 0 Å². The molecule has 2 rings (SSSR count). The van der Waals surface area contributed by atoms with Crippen LogP contribution in [0, 0.1) is 18.3 Å². The Morgan fingerprint density at radius 3 is 2.50 bits per heavy atom. The number of nitrogens with one attached hydrogen (secondary N) is 1. The van der Waals surface area contributed by atoms with Gasteiger partial charge in [0.05, 0.1) is 11.6 Å². The van der Waals surface area contributed by atoms with E-state index in [0.29, 0.717) is 5.56 Å². The van der Waals surface area contributed by atoms with Gasteiger partial charge in [0, 0.05) is 22.0 Å². The van der Waals surface area contributed by atoms with E-state index in [0.717, 1.165) is 12.2 Å². The van der Waals surface area contributed by atoms with E-state index in [1.807, 2.05) is 24.3 Å². The molecule has 0 unspecified atom stereocenters. The number of hydrogen-bond donors (Lipinski definition) is 1. The molecule has 0 fully saturated rings. The molecule has 0 bridgehead atoms. The number of thiophene rings is 1. The Kier molecular flexibility index (Phi) is 3.23. The van der Waals surface area contributed by atoms with Crippen molar-refractivity contribution in [2.24, 2.45) is 0 Å². The van der Waals surface area contributed by atoms with Crippen LogP contribution in [0.3, 0.4) is 0 Å². The zero-order chi connectivity index (χ0) is 11.4. The second-order valence-corrected chi connectivity index (χ2v) is 4.93. The van der Waals surface area contributed by atoms with Crippen LogP contribution in [0.5, 0.6) is 0 Å². The molecule has 0 atom stereocenters. The number of rotatable bonds is 3. The molecule has 0 radical (unpaired) electrons. The van der Waals surface area contributed by atoms with Crippen molar-refractivity contribution in [3.63, 3.8) is 0 Å². The summed E-state index contributed by atoms with van der Waals surface area (Å²) in [6.07, 6.45) is 0. The Morgan fingerprint density at radius 1 is 1.19 bits per heavy atom. The molecule has 2 aromatic rings. The van der Waals surface area contributed by atoms with Crippen molar-refractivity contribution >= 4 is 17.0 Å². The predicted octanol–water partition coefficient (Wildman–Crippen LogP) is 3.54. The largest absolute Gasteiger partial charge is 0.380 e. The highest BCUT2D eigenvalue weighted by molar-refractivity contribution is 7.11. The summed E-state index contributed by atoms with van der Waals surface area (Å²) in [6.45, 7) is 2.94. The van der Waals surface area contributed by atoms with Crippen molar-refractivity contribution in [3.8, 4) is 6.07 Å². The molecule has 2 nitrogen and oxygen atoms in total. The Morgan fingerprint density at radius 2 is 1.94 bits per heavy atom. The van der Waals surface area contributed by atoms with Gasteiger partial charge in [-0.3, -0.25) is 0 Å². The van der Waals surface area contributed by atoms with Gasteiger partial charge in [-0.25, -0.2) is 0 Å². The second kappa shape index (κ2) is 4.82. The summed E-state index contributed by atoms with van der Waals surface area (Å²) in [7, 11) is 0. The number of nitriles is 1. The van der Waals surface area contributed by atoms with Crippen molar-refractivity contribution in [1.29, 1.82) is 5.26 Å². The van der Waals surface area contributed by atoms with E-state index in [2.05, 4.69) is 30.4 Å². The van der Waals surface area contributed by atoms with Crippen LogP contribution in [0.1, 0.15) is 15.3 Å². The molecule has 16 heavy (non-hydrogen) atoms. The van der Waals surface area contributed by atoms with Crippen LogP contribution in [0.25, 0.3) is 0 Å². The van der Waals surface area contributed by atoms with Crippen molar-refractivity contribution in [2.75, 3.05) is 5.32 Å². The van der Waals surface area contributed by atoms with E-state index >= 15 is 0 Å². The zero-order valence-electron chi connectivity index (χ0n) is 9.03. The molecule has 0 saturated heterocycles. The fourth-order valence-electron chi connectivity index (χ4n) is 1.43. The molecule has 0 amide bonds. The number of nitrogens with zero attached hydrogens (tertiary/aromatic N) is 1. The number of aryl methyl sites for hydroxylation is 1. The molecule has 1 heterocycles. The maximum Gasteiger partial charge on any atom is 0.0991 e. The highest BCUT2D eigenvalue weighted by Crippen LogP contribution is 2.17. The smallest absolute Gasteiger partial charge is 0.0991 e. The van der Waals surface area contributed by atoms with E-state index in [9.17, 15) is 0 Å². The Balaban J connectivity index is 1.97. The normalized spacial score (nSPS) is 9.75. The topological polar surface area (TPSA) is 35.8 Å². The SMILES string of the molecule is Cc1ccc(CNc2ccc(C#N)cc2)s1. The average molecular weight is 228 g/mol. The van der Waals surface area contributed by atoms with Gasteiger partial charge >= 0.3 is 0 Å². The lowest BCUT2D eigenvalue weighted by atomic mass is 10.2. The summed E-state index contributed by atoms with van der Waals surface area (Å²) in [5.74, 6) is 0. The third-order valence-electron chi connectivity index (χ3n) is 2.28. The number of anilines is 1. The molecule has 0 saturated carbocycles. The van der Waals surface area contributed by atoms with Crippen molar-refractivity contribution < 1.29 is 0 Å². The van der Waals surface area contributed by atoms with Crippen molar-refractivity contribution in [2.45, 2.75) is 13.5 Å². The minimum Gasteiger partial charge on any atom is -0.380 e. The molecule has 0 aliphatic heterocycles. The summed E-state index contributed by atoms with van der Waals surface area (Å²) in [5, 5.41) is 12.0. The molecule has 0 spiro atoms. The van der Waals surface area contributed by atoms with Gasteiger partial charge in [-0.1, -0.05) is 0 Å². The first kappa shape index (κ1) is 10.7. The summed E-state index contributed by atoms with van der Waals surface area (Å²) in [6, 6.07) is 13.9. The van der Waals surface area contributed by atoms with Gasteiger partial charge in [-0.05, 0) is 43.3 Å². The summed E-state index contributed by atoms with van der Waals surface area (Å²) >= 11 is 1.80. The first-order valence-electron chi connectivity index (χ1n) is 5.07. The fourth-order valence-corrected chi connectivity index (χ4v) is 2.26. The third kappa shape index (κ3) is 2.62. The van der Waals surface area contributed by atoms with Gasteiger partial charge in [0.1, 0.15) is 0 Å². The molecule has 1 aromatic carbocycles. The lowest BCUT2D eigenvalue weighted by molar-refractivity contribution is 1.19. The molecule has 0 aliphatic rings. The van der Waals surface area contributed by atoms with Gasteiger partial charge < -0.3 is 5.32 Å². The lowest BCUT2D eigenvalue weighted by Crippen LogP contribution is -1.96. The first-order chi connectivity index (χ1) is 7.78. The molecule has 1 aromatic heterocycles. The maximum atomic E-state index is 8.67. The van der Waals surface area contributed by atoms with Gasteiger partial charge in [-0.15, -0.1) is 11.3 Å². The monoisotopic (exact) mass is 228 g/mol. The minimum atomic E-state index is 0.692. The van der Waals surface area contributed by atoms with E-state index in [1.54, 1.807) is 11.3 Å². The number of hydrogen-bond acceptors (Lipinski definition) is 3. The van der Waals surface area contributed by atoms with Crippen LogP contribution in [0.4, 0.5) is 5.69 Å². The van der Waals surface area contributed by atoms with Crippen LogP contribution in [-0.2, 0) is 6.54 Å². The van der Waals surface area contributed by atoms with Crippen molar-refractivity contribution in [3.05, 3.63) is 51.7 Å². The minimum absolute atomic E-state index is 0.692. The van der Waals surface area contributed by atoms with E-state index in [1.165, 1.54) is 9.75 Å². The molecular formula is C13H12N2S. The molecule has 1 N–H and O–H groups in total. The quantitative estimate of drug-likeness (QED) is 0.872. The van der Waals surface area contributed by atoms with Crippen LogP contribution in [-0.4, -0.2) is 0 Å². The second-order valence-electron chi connectivity index (χ2n) is 3.56. The summed E-state index contributed by atoms with van der Waals surface area (Å²) in [5.41, 5.74) is 1.74. The van der Waals surface area contributed by atoms with E-state index in [4.69, 9.17) is 5.26 Å². The van der Waals surface area contributed by atoms with Gasteiger partial charge in [0.15, 0.2) is 0 Å². The van der Waals surface area contributed by atoms with Crippen molar-refractivity contribution in [1.82, 2.24) is 0 Å².